The molecule has 2 aromatic rings. The maximum absolute atomic E-state index is 5.72. The Morgan fingerprint density at radius 1 is 1.24 bits per heavy atom. The first-order chi connectivity index (χ1) is 8.15. The number of nitrogens with zero attached hydrogens (tertiary/aromatic N) is 5. The number of hydrogen-bond donors (Lipinski definition) is 1. The van der Waals surface area contributed by atoms with Crippen molar-refractivity contribution in [3.8, 4) is 0 Å². The predicted octanol–water partition coefficient (Wildman–Crippen LogP) is 1.14. The molecule has 0 amide bonds. The van der Waals surface area contributed by atoms with Crippen LogP contribution in [0.1, 0.15) is 5.56 Å². The van der Waals surface area contributed by atoms with Gasteiger partial charge < -0.3 is 10.6 Å². The molecule has 6 nitrogen and oxygen atoms in total. The van der Waals surface area contributed by atoms with Gasteiger partial charge in [-0.1, -0.05) is 0 Å². The first kappa shape index (κ1) is 11.5. The Bertz CT molecular complexity index is 483. The molecule has 0 saturated heterocycles. The molecule has 2 rings (SSSR count). The van der Waals surface area contributed by atoms with Crippen LogP contribution in [0.2, 0.25) is 5.28 Å². The van der Waals surface area contributed by atoms with Crippen LogP contribution in [0.5, 0.6) is 0 Å². The molecule has 0 radical (unpaired) electrons. The van der Waals surface area contributed by atoms with E-state index in [0.717, 1.165) is 5.56 Å². The molecule has 88 valence electrons. The van der Waals surface area contributed by atoms with Crippen molar-refractivity contribution in [2.75, 3.05) is 17.7 Å². The Labute approximate surface area is 103 Å². The molecule has 0 aromatic carbocycles. The van der Waals surface area contributed by atoms with E-state index in [4.69, 9.17) is 17.3 Å². The van der Waals surface area contributed by atoms with Crippen molar-refractivity contribution < 1.29 is 0 Å². The molecule has 0 saturated carbocycles. The molecule has 2 aromatic heterocycles. The van der Waals surface area contributed by atoms with Gasteiger partial charge in [-0.05, 0) is 29.3 Å². The Kier molecular flexibility index (Phi) is 3.34. The quantitative estimate of drug-likeness (QED) is 0.880. The van der Waals surface area contributed by atoms with Gasteiger partial charge in [-0.3, -0.25) is 4.98 Å². The number of aromatic nitrogens is 4. The highest BCUT2D eigenvalue weighted by molar-refractivity contribution is 6.28. The van der Waals surface area contributed by atoms with Gasteiger partial charge in [0.2, 0.25) is 17.2 Å². The minimum absolute atomic E-state index is 0.0917. The Morgan fingerprint density at radius 3 is 2.59 bits per heavy atom. The van der Waals surface area contributed by atoms with E-state index in [1.165, 1.54) is 0 Å². The van der Waals surface area contributed by atoms with Crippen molar-refractivity contribution in [2.24, 2.45) is 0 Å². The number of nitrogen functional groups attached to an aromatic ring is 1. The van der Waals surface area contributed by atoms with Gasteiger partial charge in [0.05, 0.1) is 0 Å². The van der Waals surface area contributed by atoms with Crippen LogP contribution < -0.4 is 10.6 Å². The van der Waals surface area contributed by atoms with Crippen molar-refractivity contribution >= 4 is 23.5 Å². The van der Waals surface area contributed by atoms with E-state index < -0.39 is 0 Å². The zero-order chi connectivity index (χ0) is 12.3. The monoisotopic (exact) mass is 250 g/mol. The summed E-state index contributed by atoms with van der Waals surface area (Å²) in [7, 11) is 1.85. The van der Waals surface area contributed by atoms with E-state index in [-0.39, 0.29) is 11.2 Å². The lowest BCUT2D eigenvalue weighted by Crippen LogP contribution is -2.20. The van der Waals surface area contributed by atoms with Crippen LogP contribution in [-0.2, 0) is 6.54 Å². The van der Waals surface area contributed by atoms with Gasteiger partial charge in [0.25, 0.3) is 0 Å². The maximum atomic E-state index is 5.72. The number of nitrogens with two attached hydrogens (primary N) is 1. The van der Waals surface area contributed by atoms with Gasteiger partial charge in [-0.25, -0.2) is 0 Å². The van der Waals surface area contributed by atoms with E-state index in [1.54, 1.807) is 12.4 Å². The summed E-state index contributed by atoms with van der Waals surface area (Å²) in [5.41, 5.74) is 6.60. The molecule has 0 aliphatic carbocycles. The molecular weight excluding hydrogens is 240 g/mol. The van der Waals surface area contributed by atoms with Crippen molar-refractivity contribution in [1.29, 1.82) is 0 Å². The second-order valence-electron chi connectivity index (χ2n) is 3.47. The molecule has 17 heavy (non-hydrogen) atoms. The van der Waals surface area contributed by atoms with Gasteiger partial charge in [0.1, 0.15) is 0 Å². The summed E-state index contributed by atoms with van der Waals surface area (Å²) in [6.45, 7) is 0.641. The number of anilines is 2. The zero-order valence-corrected chi connectivity index (χ0v) is 9.96. The Morgan fingerprint density at radius 2 is 1.94 bits per heavy atom. The second kappa shape index (κ2) is 4.92. The van der Waals surface area contributed by atoms with E-state index >= 15 is 0 Å². The highest BCUT2D eigenvalue weighted by Crippen LogP contribution is 2.13. The average molecular weight is 251 g/mol. The van der Waals surface area contributed by atoms with Crippen LogP contribution in [-0.4, -0.2) is 27.0 Å². The minimum atomic E-state index is 0.0917. The van der Waals surface area contributed by atoms with Crippen LogP contribution in [0, 0.1) is 0 Å². The topological polar surface area (TPSA) is 80.8 Å². The summed E-state index contributed by atoms with van der Waals surface area (Å²) >= 11 is 5.72. The molecule has 0 unspecified atom stereocenters. The molecule has 7 heteroatoms. The molecule has 2 N–H and O–H groups in total. The summed E-state index contributed by atoms with van der Waals surface area (Å²) in [5, 5.41) is 0.0917. The Balaban J connectivity index is 2.17. The third-order valence-corrected chi connectivity index (χ3v) is 2.29. The molecule has 0 spiro atoms. The lowest BCUT2D eigenvalue weighted by molar-refractivity contribution is 0.855. The highest BCUT2D eigenvalue weighted by Gasteiger charge is 2.08. The normalized spacial score (nSPS) is 10.2. The fraction of sp³-hybridized carbons (Fsp3) is 0.200. The number of rotatable bonds is 3. The van der Waals surface area contributed by atoms with Crippen molar-refractivity contribution in [1.82, 2.24) is 19.9 Å². The fourth-order valence-electron chi connectivity index (χ4n) is 1.36. The summed E-state index contributed by atoms with van der Waals surface area (Å²) < 4.78 is 0. The third-order valence-electron chi connectivity index (χ3n) is 2.12. The highest BCUT2D eigenvalue weighted by atomic mass is 35.5. The zero-order valence-electron chi connectivity index (χ0n) is 9.21. The van der Waals surface area contributed by atoms with E-state index in [2.05, 4.69) is 19.9 Å². The molecular formula is C10H11ClN6. The Hall–Kier alpha value is -1.95. The minimum Gasteiger partial charge on any atom is -0.368 e. The standard InChI is InChI=1S/C10H11ClN6/c1-17(6-7-2-4-13-5-3-7)10-15-8(11)14-9(12)16-10/h2-5H,6H2,1H3,(H2,12,14,15,16). The first-order valence-corrected chi connectivity index (χ1v) is 5.30. The van der Waals surface area contributed by atoms with E-state index in [9.17, 15) is 0 Å². The van der Waals surface area contributed by atoms with Gasteiger partial charge in [-0.15, -0.1) is 0 Å². The lowest BCUT2D eigenvalue weighted by Gasteiger charge is -2.16. The van der Waals surface area contributed by atoms with Gasteiger partial charge in [-0.2, -0.15) is 15.0 Å². The molecule has 2 heterocycles. The van der Waals surface area contributed by atoms with Crippen molar-refractivity contribution in [3.63, 3.8) is 0 Å². The largest absolute Gasteiger partial charge is 0.368 e. The molecule has 0 bridgehead atoms. The number of hydrogen-bond acceptors (Lipinski definition) is 6. The van der Waals surface area contributed by atoms with Gasteiger partial charge in [0, 0.05) is 26.0 Å². The van der Waals surface area contributed by atoms with E-state index in [1.807, 2.05) is 24.1 Å². The van der Waals surface area contributed by atoms with Crippen LogP contribution in [0.15, 0.2) is 24.5 Å². The van der Waals surface area contributed by atoms with Crippen LogP contribution in [0.4, 0.5) is 11.9 Å². The summed E-state index contributed by atoms with van der Waals surface area (Å²) in [6, 6.07) is 3.84. The third kappa shape index (κ3) is 3.01. The second-order valence-corrected chi connectivity index (χ2v) is 3.81. The predicted molar refractivity (Wildman–Crippen MR) is 65.6 cm³/mol. The SMILES string of the molecule is CN(Cc1ccncc1)c1nc(N)nc(Cl)n1. The first-order valence-electron chi connectivity index (χ1n) is 4.92. The molecule has 0 aliphatic heterocycles. The van der Waals surface area contributed by atoms with Crippen LogP contribution >= 0.6 is 11.6 Å². The molecule has 0 aliphatic rings. The van der Waals surface area contributed by atoms with Crippen molar-refractivity contribution in [2.45, 2.75) is 6.54 Å². The molecule has 0 atom stereocenters. The average Bonchev–Trinajstić information content (AvgIpc) is 2.29. The number of pyridine rings is 1. The van der Waals surface area contributed by atoms with Crippen LogP contribution in [0.3, 0.4) is 0 Å². The van der Waals surface area contributed by atoms with E-state index in [0.29, 0.717) is 12.5 Å². The van der Waals surface area contributed by atoms with Gasteiger partial charge >= 0.3 is 0 Å². The maximum Gasteiger partial charge on any atom is 0.231 e. The lowest BCUT2D eigenvalue weighted by atomic mass is 10.2. The summed E-state index contributed by atoms with van der Waals surface area (Å²) in [4.78, 5) is 17.5. The van der Waals surface area contributed by atoms with Gasteiger partial charge in [0.15, 0.2) is 0 Å². The van der Waals surface area contributed by atoms with Crippen LogP contribution in [0.25, 0.3) is 0 Å². The van der Waals surface area contributed by atoms with Crippen molar-refractivity contribution in [3.05, 3.63) is 35.4 Å². The fourth-order valence-corrected chi connectivity index (χ4v) is 1.52. The summed E-state index contributed by atoms with van der Waals surface area (Å²) in [6.07, 6.45) is 3.47. The smallest absolute Gasteiger partial charge is 0.231 e. The number of halogens is 1. The molecule has 0 fully saturated rings. The summed E-state index contributed by atoms with van der Waals surface area (Å²) in [5.74, 6) is 0.556.